The summed E-state index contributed by atoms with van der Waals surface area (Å²) < 4.78 is 13.5. The van der Waals surface area contributed by atoms with Crippen molar-refractivity contribution in [2.24, 2.45) is 4.99 Å². The Hall–Kier alpha value is -5.69. The van der Waals surface area contributed by atoms with Gasteiger partial charge in [0.25, 0.3) is 0 Å². The Morgan fingerprint density at radius 3 is 1.88 bits per heavy atom. The molecule has 0 amide bonds. The maximum absolute atomic E-state index is 6.65. The van der Waals surface area contributed by atoms with Crippen molar-refractivity contribution in [1.29, 1.82) is 0 Å². The fraction of sp³-hybridized carbons (Fsp3) is 0.195. The number of aromatic nitrogens is 3. The van der Waals surface area contributed by atoms with Crippen LogP contribution in [0.15, 0.2) is 131 Å². The number of hydrazine groups is 1. The van der Waals surface area contributed by atoms with Crippen LogP contribution in [-0.2, 0) is 19.6 Å². The zero-order valence-electron chi connectivity index (χ0n) is 28.1. The van der Waals surface area contributed by atoms with E-state index in [2.05, 4.69) is 173 Å². The quantitative estimate of drug-likeness (QED) is 0.151. The molecule has 0 unspecified atom stereocenters. The van der Waals surface area contributed by atoms with Gasteiger partial charge in [-0.3, -0.25) is 9.58 Å². The van der Waals surface area contributed by atoms with Crippen LogP contribution in [0.2, 0.25) is 0 Å². The van der Waals surface area contributed by atoms with Gasteiger partial charge in [0.2, 0.25) is 28.3 Å². The summed E-state index contributed by atoms with van der Waals surface area (Å²) >= 11 is 0. The number of rotatable bonds is 9. The van der Waals surface area contributed by atoms with Gasteiger partial charge in [-0.15, -0.1) is 0 Å². The molecule has 0 N–H and O–H groups in total. The lowest BCUT2D eigenvalue weighted by Crippen LogP contribution is -2.36. The van der Waals surface area contributed by atoms with E-state index in [0.29, 0.717) is 12.2 Å². The molecule has 0 saturated heterocycles. The molecule has 6 aromatic rings. The van der Waals surface area contributed by atoms with Crippen molar-refractivity contribution in [3.05, 3.63) is 144 Å². The molecular formula is C41H42N6O+2. The summed E-state index contributed by atoms with van der Waals surface area (Å²) in [6.45, 7) is 11.9. The van der Waals surface area contributed by atoms with Crippen LogP contribution < -0.4 is 19.8 Å². The number of fused-ring (bicyclic) bond motifs is 3. The van der Waals surface area contributed by atoms with Gasteiger partial charge in [-0.1, -0.05) is 48.5 Å². The van der Waals surface area contributed by atoms with E-state index in [1.807, 2.05) is 12.3 Å². The first-order valence-electron chi connectivity index (χ1n) is 16.9. The van der Waals surface area contributed by atoms with E-state index in [0.717, 1.165) is 54.0 Å². The van der Waals surface area contributed by atoms with E-state index >= 15 is 0 Å². The Morgan fingerprint density at radius 1 is 0.667 bits per heavy atom. The predicted octanol–water partition coefficient (Wildman–Crippen LogP) is 8.04. The molecule has 0 fully saturated rings. The number of hydrogen-bond acceptors (Lipinski definition) is 4. The van der Waals surface area contributed by atoms with Gasteiger partial charge in [-0.2, -0.15) is 9.13 Å². The van der Waals surface area contributed by atoms with Crippen LogP contribution in [0.4, 0.5) is 11.6 Å². The minimum Gasteiger partial charge on any atom is -0.404 e. The first-order valence-corrected chi connectivity index (χ1v) is 16.9. The van der Waals surface area contributed by atoms with Crippen LogP contribution in [0.5, 0.6) is 0 Å². The zero-order valence-corrected chi connectivity index (χ0v) is 28.1. The first-order chi connectivity index (χ1) is 23.7. The van der Waals surface area contributed by atoms with E-state index in [9.17, 15) is 0 Å². The van der Waals surface area contributed by atoms with Gasteiger partial charge in [0, 0.05) is 66.5 Å². The highest BCUT2D eigenvalue weighted by Crippen LogP contribution is 2.43. The molecule has 7 nitrogen and oxygen atoms in total. The third-order valence-electron chi connectivity index (χ3n) is 8.99. The molecule has 0 saturated carbocycles. The number of pyridine rings is 2. The molecule has 3 aromatic heterocycles. The van der Waals surface area contributed by atoms with Crippen molar-refractivity contribution < 1.29 is 13.6 Å². The lowest BCUT2D eigenvalue weighted by Gasteiger charge is -2.30. The number of anilines is 2. The molecule has 4 heterocycles. The Labute approximate surface area is 281 Å². The average molecular weight is 635 g/mol. The van der Waals surface area contributed by atoms with E-state index in [1.165, 1.54) is 21.8 Å². The predicted molar refractivity (Wildman–Crippen MR) is 195 cm³/mol. The van der Waals surface area contributed by atoms with Crippen molar-refractivity contribution in [2.45, 2.75) is 47.3 Å². The molecule has 7 rings (SSSR count). The Bertz CT molecular complexity index is 2260. The first kappa shape index (κ1) is 30.9. The zero-order chi connectivity index (χ0) is 33.0. The van der Waals surface area contributed by atoms with Crippen molar-refractivity contribution in [2.75, 3.05) is 11.6 Å². The fourth-order valence-electron chi connectivity index (χ4n) is 6.79. The van der Waals surface area contributed by atoms with E-state index < -0.39 is 0 Å². The molecule has 0 aliphatic carbocycles. The lowest BCUT2D eigenvalue weighted by molar-refractivity contribution is -0.669. The Morgan fingerprint density at radius 2 is 1.27 bits per heavy atom. The third-order valence-corrected chi connectivity index (χ3v) is 8.99. The largest absolute Gasteiger partial charge is 0.404 e. The van der Waals surface area contributed by atoms with Crippen LogP contribution in [0.1, 0.15) is 44.8 Å². The number of benzene rings is 3. The number of allylic oxidation sites excluding steroid dienone is 2. The molecule has 48 heavy (non-hydrogen) atoms. The second-order valence-corrected chi connectivity index (χ2v) is 11.6. The molecule has 0 spiro atoms. The summed E-state index contributed by atoms with van der Waals surface area (Å²) in [5, 5.41) is 6.90. The van der Waals surface area contributed by atoms with Gasteiger partial charge < -0.3 is 4.42 Å². The molecular weight excluding hydrogens is 592 g/mol. The second kappa shape index (κ2) is 13.6. The number of nitrogens with zero attached hydrogens (tertiary/aromatic N) is 6. The van der Waals surface area contributed by atoms with Crippen LogP contribution in [-0.4, -0.2) is 16.1 Å². The summed E-state index contributed by atoms with van der Waals surface area (Å²) in [4.78, 5) is 4.89. The number of aryl methyl sites for hydroxylation is 2. The van der Waals surface area contributed by atoms with Crippen LogP contribution in [0.25, 0.3) is 39.7 Å². The summed E-state index contributed by atoms with van der Waals surface area (Å²) in [6.07, 6.45) is 10.5. The van der Waals surface area contributed by atoms with Crippen LogP contribution in [0, 0.1) is 0 Å². The smallest absolute Gasteiger partial charge is 0.303 e. The Kier molecular flexibility index (Phi) is 8.75. The SMILES string of the molecule is CCN1/C(=C\C=C\c2ccc3ccccc3[n+]2CC)c2c(oc(=N/C=C/c3ccc4ccccc4[n+]3CC)n2CC)N1c1ccccc1. The van der Waals surface area contributed by atoms with Crippen molar-refractivity contribution in [3.63, 3.8) is 0 Å². The molecule has 0 radical (unpaired) electrons. The van der Waals surface area contributed by atoms with Crippen molar-refractivity contribution in [1.82, 2.24) is 9.58 Å². The topological polar surface area (TPSA) is 44.7 Å². The van der Waals surface area contributed by atoms with Gasteiger partial charge in [-0.25, -0.2) is 10.0 Å². The van der Waals surface area contributed by atoms with E-state index in [1.54, 1.807) is 0 Å². The highest BCUT2D eigenvalue weighted by Gasteiger charge is 2.37. The van der Waals surface area contributed by atoms with Gasteiger partial charge >= 0.3 is 5.68 Å². The maximum Gasteiger partial charge on any atom is 0.303 e. The molecule has 0 atom stereocenters. The highest BCUT2D eigenvalue weighted by molar-refractivity contribution is 5.83. The van der Waals surface area contributed by atoms with Crippen molar-refractivity contribution in [3.8, 4) is 0 Å². The fourth-order valence-corrected chi connectivity index (χ4v) is 6.79. The third kappa shape index (κ3) is 5.51. The standard InChI is InChI=1S/C41H42N6O/c1-5-43-33(27-25-31-17-12-14-22-36(31)43)21-16-24-38-39-40(47(46(38)8-4)35-19-10-9-11-20-35)48-41(45(39)7-3)42-30-29-34-28-26-32-18-13-15-23-37(32)44(34)6-2/h9-30H,5-8H2,1-4H3/q+2. The van der Waals surface area contributed by atoms with Gasteiger partial charge in [0.1, 0.15) is 18.8 Å². The molecule has 1 aliphatic rings. The molecule has 3 aromatic carbocycles. The van der Waals surface area contributed by atoms with Gasteiger partial charge in [-0.05, 0) is 70.2 Å². The monoisotopic (exact) mass is 634 g/mol. The molecule has 7 heteroatoms. The summed E-state index contributed by atoms with van der Waals surface area (Å²) in [6, 6.07) is 36.1. The highest BCUT2D eigenvalue weighted by atomic mass is 16.4. The minimum absolute atomic E-state index is 0.563. The number of oxazole rings is 1. The molecule has 0 bridgehead atoms. The Balaban J connectivity index is 1.33. The lowest BCUT2D eigenvalue weighted by atomic mass is 10.1. The number of para-hydroxylation sites is 3. The van der Waals surface area contributed by atoms with Gasteiger partial charge in [0.05, 0.1) is 11.4 Å². The summed E-state index contributed by atoms with van der Waals surface area (Å²) in [7, 11) is 0. The molecule has 1 aliphatic heterocycles. The summed E-state index contributed by atoms with van der Waals surface area (Å²) in [5.74, 6) is 0.764. The number of hydrogen-bond donors (Lipinski definition) is 0. The average Bonchev–Trinajstić information content (AvgIpc) is 3.64. The van der Waals surface area contributed by atoms with Crippen LogP contribution >= 0.6 is 0 Å². The normalized spacial score (nSPS) is 14.5. The maximum atomic E-state index is 6.65. The van der Waals surface area contributed by atoms with Crippen LogP contribution in [0.3, 0.4) is 0 Å². The second-order valence-electron chi connectivity index (χ2n) is 11.6. The van der Waals surface area contributed by atoms with Gasteiger partial charge in [0.15, 0.2) is 0 Å². The summed E-state index contributed by atoms with van der Waals surface area (Å²) in [5.41, 5.74) is 8.35. The van der Waals surface area contributed by atoms with E-state index in [4.69, 9.17) is 9.41 Å². The van der Waals surface area contributed by atoms with Crippen molar-refractivity contribution >= 4 is 51.2 Å². The minimum atomic E-state index is 0.563. The van der Waals surface area contributed by atoms with E-state index in [-0.39, 0.29) is 0 Å². The molecule has 240 valence electrons.